The second-order valence-corrected chi connectivity index (χ2v) is 9.88. The Bertz CT molecular complexity index is 1340. The second kappa shape index (κ2) is 10.4. The van der Waals surface area contributed by atoms with Crippen molar-refractivity contribution < 1.29 is 14.3 Å². The number of rotatable bonds is 6. The van der Waals surface area contributed by atoms with Crippen molar-refractivity contribution in [3.05, 3.63) is 95.6 Å². The van der Waals surface area contributed by atoms with Gasteiger partial charge in [-0.15, -0.1) is 0 Å². The zero-order valence-corrected chi connectivity index (χ0v) is 20.9. The summed E-state index contributed by atoms with van der Waals surface area (Å²) in [4.78, 5) is 29.8. The summed E-state index contributed by atoms with van der Waals surface area (Å²) in [5.41, 5.74) is 4.88. The lowest BCUT2D eigenvalue weighted by Crippen LogP contribution is -2.25. The molecule has 182 valence electrons. The molecule has 2 heterocycles. The van der Waals surface area contributed by atoms with Crippen molar-refractivity contribution in [1.82, 2.24) is 5.01 Å². The molecule has 7 nitrogen and oxygen atoms in total. The summed E-state index contributed by atoms with van der Waals surface area (Å²) in [5, 5.41) is 9.50. The second-order valence-electron chi connectivity index (χ2n) is 8.71. The van der Waals surface area contributed by atoms with Gasteiger partial charge in [0.1, 0.15) is 11.0 Å². The monoisotopic (exact) mass is 498 g/mol. The van der Waals surface area contributed by atoms with E-state index in [1.807, 2.05) is 35.3 Å². The van der Waals surface area contributed by atoms with Crippen LogP contribution in [-0.4, -0.2) is 40.1 Å². The van der Waals surface area contributed by atoms with Gasteiger partial charge in [-0.2, -0.15) is 10.1 Å². The molecule has 3 aromatic carbocycles. The van der Waals surface area contributed by atoms with Crippen LogP contribution in [0.25, 0.3) is 0 Å². The highest BCUT2D eigenvalue weighted by molar-refractivity contribution is 8.15. The van der Waals surface area contributed by atoms with Crippen LogP contribution in [0.15, 0.2) is 89.0 Å². The van der Waals surface area contributed by atoms with Crippen molar-refractivity contribution in [2.45, 2.75) is 31.1 Å². The summed E-state index contributed by atoms with van der Waals surface area (Å²) >= 11 is 1.30. The number of nitrogens with one attached hydrogen (secondary N) is 1. The minimum Gasteiger partial charge on any atom is -0.497 e. The fourth-order valence-corrected chi connectivity index (χ4v) is 5.29. The van der Waals surface area contributed by atoms with E-state index < -0.39 is 5.25 Å². The first-order chi connectivity index (χ1) is 17.5. The van der Waals surface area contributed by atoms with Gasteiger partial charge in [-0.1, -0.05) is 78.0 Å². The van der Waals surface area contributed by atoms with Crippen LogP contribution in [0.4, 0.5) is 5.69 Å². The van der Waals surface area contributed by atoms with E-state index in [0.717, 1.165) is 16.8 Å². The van der Waals surface area contributed by atoms with Crippen LogP contribution < -0.4 is 10.1 Å². The van der Waals surface area contributed by atoms with Gasteiger partial charge in [0.2, 0.25) is 5.91 Å². The maximum absolute atomic E-state index is 12.8. The summed E-state index contributed by atoms with van der Waals surface area (Å²) in [7, 11) is 1.57. The average Bonchev–Trinajstić information content (AvgIpc) is 3.49. The number of hydrogen-bond acceptors (Lipinski definition) is 6. The van der Waals surface area contributed by atoms with E-state index in [1.54, 1.807) is 31.4 Å². The van der Waals surface area contributed by atoms with Crippen molar-refractivity contribution >= 4 is 40.1 Å². The SMILES string of the molecule is COc1cccc(NC(=O)C[C@H]2SC(N3N=C(c4ccccc4)C[C@@H]3c3ccc(C)cc3)=NC2=O)c1. The van der Waals surface area contributed by atoms with E-state index in [4.69, 9.17) is 9.84 Å². The van der Waals surface area contributed by atoms with Gasteiger partial charge in [-0.25, -0.2) is 5.01 Å². The molecular weight excluding hydrogens is 472 g/mol. The van der Waals surface area contributed by atoms with Crippen LogP contribution in [0.2, 0.25) is 0 Å². The lowest BCUT2D eigenvalue weighted by molar-refractivity contribution is -0.121. The number of aryl methyl sites for hydroxylation is 1. The predicted octanol–water partition coefficient (Wildman–Crippen LogP) is 5.18. The standard InChI is InChI=1S/C28H26N4O3S/c1-18-11-13-20(14-12-18)24-16-23(19-7-4-3-5-8-19)31-32(24)28-30-27(34)25(36-28)17-26(33)29-21-9-6-10-22(15-21)35-2/h3-15,24-25H,16-17H2,1-2H3,(H,29,33)/t24-,25-/m1/s1. The third-order valence-electron chi connectivity index (χ3n) is 6.13. The zero-order valence-electron chi connectivity index (χ0n) is 20.0. The number of hydrogen-bond donors (Lipinski definition) is 1. The van der Waals surface area contributed by atoms with Crippen molar-refractivity contribution in [2.24, 2.45) is 10.1 Å². The first kappa shape index (κ1) is 23.8. The Labute approximate surface area is 214 Å². The largest absolute Gasteiger partial charge is 0.497 e. The fraction of sp³-hybridized carbons (Fsp3) is 0.214. The molecule has 2 amide bonds. The highest BCUT2D eigenvalue weighted by Gasteiger charge is 2.39. The van der Waals surface area contributed by atoms with Crippen LogP contribution in [0.3, 0.4) is 0 Å². The number of thioether (sulfide) groups is 1. The smallest absolute Gasteiger partial charge is 0.262 e. The van der Waals surface area contributed by atoms with Crippen LogP contribution in [0, 0.1) is 6.92 Å². The molecule has 0 bridgehead atoms. The minimum atomic E-state index is -0.597. The van der Waals surface area contributed by atoms with Gasteiger partial charge in [-0.05, 0) is 30.2 Å². The molecule has 0 aromatic heterocycles. The molecule has 1 N–H and O–H groups in total. The Morgan fingerprint density at radius 1 is 1.08 bits per heavy atom. The molecule has 3 aromatic rings. The molecule has 0 saturated heterocycles. The summed E-state index contributed by atoms with van der Waals surface area (Å²) in [6.45, 7) is 2.05. The number of aliphatic imine (C=N–C) groups is 1. The number of ether oxygens (including phenoxy) is 1. The van der Waals surface area contributed by atoms with Gasteiger partial charge in [-0.3, -0.25) is 9.59 Å². The third kappa shape index (κ3) is 5.18. The van der Waals surface area contributed by atoms with E-state index in [-0.39, 0.29) is 24.3 Å². The van der Waals surface area contributed by atoms with Crippen molar-refractivity contribution in [3.63, 3.8) is 0 Å². The fourth-order valence-electron chi connectivity index (χ4n) is 4.23. The van der Waals surface area contributed by atoms with E-state index >= 15 is 0 Å². The Morgan fingerprint density at radius 3 is 2.61 bits per heavy atom. The summed E-state index contributed by atoms with van der Waals surface area (Å²) in [5.74, 6) is 0.0744. The van der Waals surface area contributed by atoms with E-state index in [2.05, 4.69) is 41.5 Å². The normalized spacial score (nSPS) is 19.2. The molecular formula is C28H26N4O3S. The number of methoxy groups -OCH3 is 1. The summed E-state index contributed by atoms with van der Waals surface area (Å²) in [6.07, 6.45) is 0.716. The molecule has 2 atom stereocenters. The minimum absolute atomic E-state index is 0.0198. The Hall–Kier alpha value is -3.91. The van der Waals surface area contributed by atoms with Gasteiger partial charge >= 0.3 is 0 Å². The number of anilines is 1. The van der Waals surface area contributed by atoms with Gasteiger partial charge < -0.3 is 10.1 Å². The van der Waals surface area contributed by atoms with Crippen LogP contribution in [0.1, 0.15) is 35.6 Å². The maximum atomic E-state index is 12.8. The number of amidine groups is 1. The topological polar surface area (TPSA) is 83.4 Å². The van der Waals surface area contributed by atoms with Crippen molar-refractivity contribution in [1.29, 1.82) is 0 Å². The third-order valence-corrected chi connectivity index (χ3v) is 7.27. The Kier molecular flexibility index (Phi) is 6.86. The molecule has 0 saturated carbocycles. The van der Waals surface area contributed by atoms with Crippen LogP contribution in [-0.2, 0) is 9.59 Å². The first-order valence-electron chi connectivity index (χ1n) is 11.7. The van der Waals surface area contributed by atoms with Gasteiger partial charge in [0.15, 0.2) is 5.17 Å². The molecule has 2 aliphatic heterocycles. The maximum Gasteiger partial charge on any atom is 0.262 e. The summed E-state index contributed by atoms with van der Waals surface area (Å²) < 4.78 is 5.21. The van der Waals surface area contributed by atoms with Crippen molar-refractivity contribution in [3.8, 4) is 5.75 Å². The molecule has 0 spiro atoms. The lowest BCUT2D eigenvalue weighted by Gasteiger charge is -2.23. The number of hydrazone groups is 1. The Morgan fingerprint density at radius 2 is 1.86 bits per heavy atom. The van der Waals surface area contributed by atoms with Crippen LogP contribution >= 0.6 is 11.8 Å². The highest BCUT2D eigenvalue weighted by atomic mass is 32.2. The Balaban J connectivity index is 1.33. The van der Waals surface area contributed by atoms with Gasteiger partial charge in [0.05, 0.1) is 18.9 Å². The number of benzene rings is 3. The molecule has 5 rings (SSSR count). The zero-order chi connectivity index (χ0) is 25.1. The van der Waals surface area contributed by atoms with Crippen LogP contribution in [0.5, 0.6) is 5.75 Å². The molecule has 0 radical (unpaired) electrons. The van der Waals surface area contributed by atoms with Crippen molar-refractivity contribution in [2.75, 3.05) is 12.4 Å². The number of carbonyl (C=O) groups excluding carboxylic acids is 2. The molecule has 0 fully saturated rings. The molecule has 2 aliphatic rings. The first-order valence-corrected chi connectivity index (χ1v) is 12.6. The van der Waals surface area contributed by atoms with E-state index in [9.17, 15) is 9.59 Å². The summed E-state index contributed by atoms with van der Waals surface area (Å²) in [6, 6.07) is 25.4. The number of amides is 2. The van der Waals surface area contributed by atoms with Gasteiger partial charge in [0.25, 0.3) is 5.91 Å². The molecule has 0 aliphatic carbocycles. The lowest BCUT2D eigenvalue weighted by atomic mass is 9.98. The highest BCUT2D eigenvalue weighted by Crippen LogP contribution is 2.38. The van der Waals surface area contributed by atoms with E-state index in [0.29, 0.717) is 23.0 Å². The quantitative estimate of drug-likeness (QED) is 0.506. The number of nitrogens with zero attached hydrogens (tertiary/aromatic N) is 3. The molecule has 0 unspecified atom stereocenters. The van der Waals surface area contributed by atoms with Gasteiger partial charge in [0, 0.05) is 24.6 Å². The molecule has 8 heteroatoms. The van der Waals surface area contributed by atoms with E-state index in [1.165, 1.54) is 17.3 Å². The predicted molar refractivity (Wildman–Crippen MR) is 143 cm³/mol. The number of carbonyl (C=O) groups is 2. The average molecular weight is 499 g/mol. The molecule has 36 heavy (non-hydrogen) atoms.